The minimum atomic E-state index is -0.0557. The first-order chi connectivity index (χ1) is 14.5. The smallest absolute Gasteiger partial charge is 0.216 e. The largest absolute Gasteiger partial charge is 0.444 e. The van der Waals surface area contributed by atoms with Gasteiger partial charge in [-0.05, 0) is 46.1 Å². The molecule has 1 atom stereocenters. The molecule has 164 valence electrons. The standard InChI is InChI=1S/C23H35N5O2/c1-5-24-22(25-15-21-27-17(2)19(4)30-21)26-16-23(11-13-29-14-12-23)28-18(3)20-9-7-6-8-10-20/h6-10,18,28H,5,11-16H2,1-4H3,(H2,24,25,26). The van der Waals surface area contributed by atoms with Gasteiger partial charge < -0.3 is 25.1 Å². The SMILES string of the molecule is CCNC(=NCc1nc(C)c(C)o1)NCC1(NC(C)c2ccccc2)CCOCC1. The second kappa shape index (κ2) is 10.6. The number of guanidine groups is 1. The van der Waals surface area contributed by atoms with Crippen molar-refractivity contribution in [3.8, 4) is 0 Å². The maximum Gasteiger partial charge on any atom is 0.216 e. The van der Waals surface area contributed by atoms with Gasteiger partial charge in [0, 0.05) is 37.9 Å². The van der Waals surface area contributed by atoms with Gasteiger partial charge in [-0.1, -0.05) is 30.3 Å². The molecule has 0 spiro atoms. The van der Waals surface area contributed by atoms with Crippen LogP contribution in [0.25, 0.3) is 0 Å². The van der Waals surface area contributed by atoms with E-state index in [0.29, 0.717) is 12.4 Å². The fourth-order valence-electron chi connectivity index (χ4n) is 3.77. The first-order valence-corrected chi connectivity index (χ1v) is 10.9. The second-order valence-electron chi connectivity index (χ2n) is 7.97. The Bertz CT molecular complexity index is 793. The Morgan fingerprint density at radius 3 is 2.53 bits per heavy atom. The van der Waals surface area contributed by atoms with Crippen molar-refractivity contribution in [2.75, 3.05) is 26.3 Å². The van der Waals surface area contributed by atoms with E-state index in [1.54, 1.807) is 0 Å². The van der Waals surface area contributed by atoms with Crippen LogP contribution in [0.2, 0.25) is 0 Å². The van der Waals surface area contributed by atoms with E-state index < -0.39 is 0 Å². The van der Waals surface area contributed by atoms with Gasteiger partial charge in [0.05, 0.1) is 5.69 Å². The Morgan fingerprint density at radius 2 is 1.90 bits per heavy atom. The van der Waals surface area contributed by atoms with E-state index in [1.807, 2.05) is 13.8 Å². The van der Waals surface area contributed by atoms with E-state index in [4.69, 9.17) is 9.15 Å². The highest BCUT2D eigenvalue weighted by atomic mass is 16.5. The van der Waals surface area contributed by atoms with Crippen molar-refractivity contribution in [3.63, 3.8) is 0 Å². The summed E-state index contributed by atoms with van der Waals surface area (Å²) in [4.78, 5) is 9.09. The van der Waals surface area contributed by atoms with E-state index in [2.05, 4.69) is 70.1 Å². The summed E-state index contributed by atoms with van der Waals surface area (Å²) in [5, 5.41) is 10.7. The van der Waals surface area contributed by atoms with Crippen LogP contribution in [-0.4, -0.2) is 42.8 Å². The van der Waals surface area contributed by atoms with Gasteiger partial charge in [-0.3, -0.25) is 0 Å². The highest BCUT2D eigenvalue weighted by molar-refractivity contribution is 5.79. The minimum absolute atomic E-state index is 0.0557. The van der Waals surface area contributed by atoms with E-state index in [1.165, 1.54) is 5.56 Å². The summed E-state index contributed by atoms with van der Waals surface area (Å²) < 4.78 is 11.3. The third kappa shape index (κ3) is 6.06. The normalized spacial score (nSPS) is 17.5. The van der Waals surface area contributed by atoms with Crippen LogP contribution in [0.5, 0.6) is 0 Å². The number of nitrogens with one attached hydrogen (secondary N) is 3. The summed E-state index contributed by atoms with van der Waals surface area (Å²) in [5.74, 6) is 2.25. The molecule has 2 aromatic rings. The number of ether oxygens (including phenoxy) is 1. The zero-order valence-electron chi connectivity index (χ0n) is 18.6. The van der Waals surface area contributed by atoms with Crippen LogP contribution >= 0.6 is 0 Å². The maximum absolute atomic E-state index is 5.66. The zero-order chi connectivity index (χ0) is 21.4. The summed E-state index contributed by atoms with van der Waals surface area (Å²) in [5.41, 5.74) is 2.15. The van der Waals surface area contributed by atoms with Gasteiger partial charge in [-0.25, -0.2) is 9.98 Å². The molecule has 0 bridgehead atoms. The van der Waals surface area contributed by atoms with Crippen LogP contribution in [0.1, 0.15) is 55.6 Å². The predicted molar refractivity (Wildman–Crippen MR) is 120 cm³/mol. The van der Waals surface area contributed by atoms with Gasteiger partial charge in [0.1, 0.15) is 12.3 Å². The van der Waals surface area contributed by atoms with E-state index >= 15 is 0 Å². The van der Waals surface area contributed by atoms with Crippen molar-refractivity contribution < 1.29 is 9.15 Å². The molecule has 1 saturated heterocycles. The lowest BCUT2D eigenvalue weighted by Crippen LogP contribution is -2.58. The molecule has 0 amide bonds. The number of aryl methyl sites for hydroxylation is 2. The molecule has 7 nitrogen and oxygen atoms in total. The second-order valence-corrected chi connectivity index (χ2v) is 7.97. The van der Waals surface area contributed by atoms with Crippen LogP contribution in [0.15, 0.2) is 39.7 Å². The predicted octanol–water partition coefficient (Wildman–Crippen LogP) is 3.25. The number of oxazole rings is 1. The van der Waals surface area contributed by atoms with Gasteiger partial charge in [-0.2, -0.15) is 0 Å². The van der Waals surface area contributed by atoms with E-state index in [9.17, 15) is 0 Å². The van der Waals surface area contributed by atoms with Crippen molar-refractivity contribution in [1.29, 1.82) is 0 Å². The van der Waals surface area contributed by atoms with Crippen LogP contribution in [-0.2, 0) is 11.3 Å². The average molecular weight is 414 g/mol. The van der Waals surface area contributed by atoms with Gasteiger partial charge >= 0.3 is 0 Å². The van der Waals surface area contributed by atoms with Gasteiger partial charge in [0.15, 0.2) is 5.96 Å². The molecule has 0 saturated carbocycles. The molecule has 30 heavy (non-hydrogen) atoms. The number of rotatable bonds is 8. The molecule has 1 fully saturated rings. The summed E-state index contributed by atoms with van der Waals surface area (Å²) in [6.45, 7) is 11.7. The number of benzene rings is 1. The summed E-state index contributed by atoms with van der Waals surface area (Å²) in [7, 11) is 0. The molecular formula is C23H35N5O2. The summed E-state index contributed by atoms with van der Waals surface area (Å²) in [6.07, 6.45) is 1.91. The van der Waals surface area contributed by atoms with Crippen LogP contribution in [0.4, 0.5) is 0 Å². The maximum atomic E-state index is 5.66. The Balaban J connectivity index is 1.67. The van der Waals surface area contributed by atoms with Crippen molar-refractivity contribution in [2.45, 2.75) is 58.7 Å². The molecule has 3 N–H and O–H groups in total. The Labute approximate surface area is 179 Å². The number of nitrogens with zero attached hydrogens (tertiary/aromatic N) is 2. The Hall–Kier alpha value is -2.38. The van der Waals surface area contributed by atoms with Crippen LogP contribution in [0, 0.1) is 13.8 Å². The Morgan fingerprint density at radius 1 is 1.17 bits per heavy atom. The fourth-order valence-corrected chi connectivity index (χ4v) is 3.77. The molecule has 3 rings (SSSR count). The first-order valence-electron chi connectivity index (χ1n) is 10.9. The number of hydrogen-bond acceptors (Lipinski definition) is 5. The molecule has 1 aromatic heterocycles. The highest BCUT2D eigenvalue weighted by Crippen LogP contribution is 2.25. The molecule has 0 aliphatic carbocycles. The minimum Gasteiger partial charge on any atom is -0.444 e. The number of aliphatic imine (C=N–C) groups is 1. The molecular weight excluding hydrogens is 378 g/mol. The van der Waals surface area contributed by atoms with Crippen molar-refractivity contribution in [3.05, 3.63) is 53.2 Å². The molecule has 2 heterocycles. The van der Waals surface area contributed by atoms with E-state index in [-0.39, 0.29) is 11.6 Å². The number of aromatic nitrogens is 1. The van der Waals surface area contributed by atoms with Crippen molar-refractivity contribution in [1.82, 2.24) is 20.9 Å². The van der Waals surface area contributed by atoms with Crippen LogP contribution in [0.3, 0.4) is 0 Å². The van der Waals surface area contributed by atoms with E-state index in [0.717, 1.165) is 56.6 Å². The molecule has 1 aliphatic rings. The number of hydrogen-bond donors (Lipinski definition) is 3. The molecule has 1 unspecified atom stereocenters. The lowest BCUT2D eigenvalue weighted by molar-refractivity contribution is 0.0355. The lowest BCUT2D eigenvalue weighted by Gasteiger charge is -2.41. The van der Waals surface area contributed by atoms with Gasteiger partial charge in [0.25, 0.3) is 0 Å². The lowest BCUT2D eigenvalue weighted by atomic mass is 9.88. The third-order valence-electron chi connectivity index (χ3n) is 5.66. The fraction of sp³-hybridized carbons (Fsp3) is 0.565. The van der Waals surface area contributed by atoms with Gasteiger partial charge in [0.2, 0.25) is 5.89 Å². The molecule has 1 aromatic carbocycles. The molecule has 0 radical (unpaired) electrons. The molecule has 7 heteroatoms. The van der Waals surface area contributed by atoms with Crippen molar-refractivity contribution >= 4 is 5.96 Å². The summed E-state index contributed by atoms with van der Waals surface area (Å²) in [6, 6.07) is 10.8. The third-order valence-corrected chi connectivity index (χ3v) is 5.66. The monoisotopic (exact) mass is 413 g/mol. The highest BCUT2D eigenvalue weighted by Gasteiger charge is 2.34. The van der Waals surface area contributed by atoms with Crippen LogP contribution < -0.4 is 16.0 Å². The van der Waals surface area contributed by atoms with Crippen molar-refractivity contribution in [2.24, 2.45) is 4.99 Å². The first kappa shape index (κ1) is 22.3. The Kier molecular flexibility index (Phi) is 7.87. The average Bonchev–Trinajstić information content (AvgIpc) is 3.09. The summed E-state index contributed by atoms with van der Waals surface area (Å²) >= 11 is 0. The quantitative estimate of drug-likeness (QED) is 0.455. The zero-order valence-corrected chi connectivity index (χ0v) is 18.6. The van der Waals surface area contributed by atoms with Gasteiger partial charge in [-0.15, -0.1) is 0 Å². The topological polar surface area (TPSA) is 83.7 Å². The molecule has 1 aliphatic heterocycles.